The zero-order valence-corrected chi connectivity index (χ0v) is 13.2. The molecule has 0 aliphatic heterocycles. The normalized spacial score (nSPS) is 22.8. The van der Waals surface area contributed by atoms with Gasteiger partial charge < -0.3 is 0 Å². The van der Waals surface area contributed by atoms with Crippen LogP contribution < -0.4 is 0 Å². The maximum atomic E-state index is 2.46. The molecule has 0 spiro atoms. The molecule has 0 atom stereocenters. The van der Waals surface area contributed by atoms with E-state index >= 15 is 0 Å². The largest absolute Gasteiger partial charge is 0.261 e. The van der Waals surface area contributed by atoms with Crippen LogP contribution in [0.1, 0.15) is 65.2 Å². The monoisotopic (exact) mass is 250 g/mol. The fraction of sp³-hybridized carbons (Fsp3) is 1.00. The van der Waals surface area contributed by atoms with E-state index in [4.69, 9.17) is 0 Å². The van der Waals surface area contributed by atoms with Gasteiger partial charge in [-0.2, -0.15) is 0 Å². The van der Waals surface area contributed by atoms with Crippen molar-refractivity contribution in [1.29, 1.82) is 0 Å². The minimum atomic E-state index is -0.362. The lowest BCUT2D eigenvalue weighted by Gasteiger charge is -2.31. The highest BCUT2D eigenvalue weighted by molar-refractivity contribution is 6.58. The maximum absolute atomic E-state index is 2.46. The highest BCUT2D eigenvalue weighted by atomic mass is 27.2. The molecule has 0 heterocycles. The predicted octanol–water partition coefficient (Wildman–Crippen LogP) is 5.52. The molecule has 0 bridgehead atoms. The van der Waals surface area contributed by atoms with Crippen molar-refractivity contribution in [3.63, 3.8) is 0 Å². The van der Waals surface area contributed by atoms with E-state index in [2.05, 4.69) is 13.8 Å². The van der Waals surface area contributed by atoms with Gasteiger partial charge in [0, 0.05) is 0 Å². The van der Waals surface area contributed by atoms with Crippen LogP contribution in [0.3, 0.4) is 0 Å². The summed E-state index contributed by atoms with van der Waals surface area (Å²) in [5.41, 5.74) is 0. The van der Waals surface area contributed by atoms with Crippen LogP contribution in [0.25, 0.3) is 0 Å². The first kappa shape index (κ1) is 14.0. The lowest BCUT2D eigenvalue weighted by molar-refractivity contribution is 0.252. The van der Waals surface area contributed by atoms with Gasteiger partial charge in [0.15, 0.2) is 0 Å². The Hall–Kier alpha value is 0.532. The van der Waals surface area contributed by atoms with Crippen LogP contribution in [0.5, 0.6) is 0 Å². The number of rotatable bonds is 6. The fourth-order valence-corrected chi connectivity index (χ4v) is 7.33. The summed E-state index contributed by atoms with van der Waals surface area (Å²) in [7, 11) is 0. The van der Waals surface area contributed by atoms with E-state index in [0.29, 0.717) is 0 Å². The van der Waals surface area contributed by atoms with Crippen molar-refractivity contribution in [3.8, 4) is 0 Å². The molecule has 2 fully saturated rings. The van der Waals surface area contributed by atoms with E-state index in [1.165, 1.54) is 0 Å². The molecule has 0 saturated heterocycles. The molecule has 0 nitrogen and oxygen atoms in total. The van der Waals surface area contributed by atoms with E-state index in [1.807, 2.05) is 0 Å². The Kier molecular flexibility index (Phi) is 5.91. The molecule has 2 saturated carbocycles. The third-order valence-corrected chi connectivity index (χ3v) is 9.29. The summed E-state index contributed by atoms with van der Waals surface area (Å²) < 4.78 is 0. The smallest absolute Gasteiger partial charge is 0.0967 e. The van der Waals surface area contributed by atoms with Gasteiger partial charge in [-0.1, -0.05) is 81.1 Å². The molecule has 1 heteroatoms. The van der Waals surface area contributed by atoms with Gasteiger partial charge in [-0.25, -0.2) is 0 Å². The summed E-state index contributed by atoms with van der Waals surface area (Å²) in [6.07, 6.45) is 12.5. The van der Waals surface area contributed by atoms with E-state index in [9.17, 15) is 0 Å². The topological polar surface area (TPSA) is 0 Å². The first-order chi connectivity index (χ1) is 8.35. The minimum Gasteiger partial charge on any atom is -0.0967 e. The highest BCUT2D eigenvalue weighted by Crippen LogP contribution is 2.44. The molecule has 2 aliphatic carbocycles. The summed E-state index contributed by atoms with van der Waals surface area (Å²) in [6, 6.07) is 0. The second-order valence-electron chi connectivity index (χ2n) is 6.67. The molecule has 17 heavy (non-hydrogen) atoms. The third kappa shape index (κ3) is 3.75. The maximum Gasteiger partial charge on any atom is 0.261 e. The van der Waals surface area contributed by atoms with Gasteiger partial charge in [0.05, 0.1) is 0 Å². The van der Waals surface area contributed by atoms with Crippen molar-refractivity contribution in [2.45, 2.75) is 81.1 Å². The Morgan fingerprint density at radius 1 is 0.824 bits per heavy atom. The quantitative estimate of drug-likeness (QED) is 0.545. The van der Waals surface area contributed by atoms with Crippen LogP contribution in [0, 0.1) is 17.8 Å². The Labute approximate surface area is 113 Å². The number of hydrogen-bond donors (Lipinski definition) is 0. The average molecular weight is 250 g/mol. The van der Waals surface area contributed by atoms with Crippen LogP contribution in [0.4, 0.5) is 0 Å². The van der Waals surface area contributed by atoms with Crippen LogP contribution in [0.15, 0.2) is 0 Å². The molecule has 0 aromatic rings. The van der Waals surface area contributed by atoms with Gasteiger partial charge in [-0.3, -0.25) is 0 Å². The zero-order chi connectivity index (χ0) is 12.1. The van der Waals surface area contributed by atoms with Crippen molar-refractivity contribution in [2.24, 2.45) is 17.8 Å². The first-order valence-electron chi connectivity index (χ1n) is 8.35. The predicted molar refractivity (Wildman–Crippen MR) is 78.9 cm³/mol. The summed E-state index contributed by atoms with van der Waals surface area (Å²) >= 11 is -0.362. The van der Waals surface area contributed by atoms with Gasteiger partial charge in [0.2, 0.25) is 0 Å². The SMILES string of the molecule is C[CH2][Al]([CH2]C)[CH2]C(C1CCCC1)C1CCCC1. The van der Waals surface area contributed by atoms with Crippen molar-refractivity contribution in [1.82, 2.24) is 0 Å². The second kappa shape index (κ2) is 7.20. The molecule has 2 aliphatic rings. The van der Waals surface area contributed by atoms with Gasteiger partial charge >= 0.3 is 0 Å². The molecule has 0 aromatic carbocycles. The standard InChI is InChI=1S/C12H21.2C2H5.Al/c1-10(11-6-2-3-7-11)12-8-4-5-9-12;2*1-2;/h10-12H,1-9H2;2*1H2,2H3;. The van der Waals surface area contributed by atoms with E-state index in [0.717, 1.165) is 17.8 Å². The van der Waals surface area contributed by atoms with Gasteiger partial charge in [0.1, 0.15) is 0 Å². The fourth-order valence-electron chi connectivity index (χ4n) is 4.55. The molecule has 0 N–H and O–H groups in total. The van der Waals surface area contributed by atoms with Gasteiger partial charge in [0.25, 0.3) is 14.1 Å². The molecule has 0 radical (unpaired) electrons. The molecule has 2 rings (SSSR count). The van der Waals surface area contributed by atoms with Crippen LogP contribution in [-0.2, 0) is 0 Å². The van der Waals surface area contributed by atoms with Gasteiger partial charge in [-0.15, -0.1) is 0 Å². The molecule has 0 aromatic heterocycles. The molecular weight excluding hydrogens is 219 g/mol. The summed E-state index contributed by atoms with van der Waals surface area (Å²) in [5.74, 6) is 3.45. The zero-order valence-electron chi connectivity index (χ0n) is 12.1. The van der Waals surface area contributed by atoms with Crippen LogP contribution in [0.2, 0.25) is 15.8 Å². The van der Waals surface area contributed by atoms with Crippen molar-refractivity contribution in [2.75, 3.05) is 0 Å². The van der Waals surface area contributed by atoms with Gasteiger partial charge in [-0.05, 0) is 17.8 Å². The van der Waals surface area contributed by atoms with Crippen LogP contribution >= 0.6 is 0 Å². The summed E-state index contributed by atoms with van der Waals surface area (Å²) in [6.45, 7) is 4.92. The number of hydrogen-bond acceptors (Lipinski definition) is 0. The highest BCUT2D eigenvalue weighted by Gasteiger charge is 2.34. The Morgan fingerprint density at radius 2 is 1.24 bits per heavy atom. The molecule has 0 amide bonds. The van der Waals surface area contributed by atoms with Crippen molar-refractivity contribution < 1.29 is 0 Å². The second-order valence-corrected chi connectivity index (χ2v) is 10.5. The lowest BCUT2D eigenvalue weighted by atomic mass is 9.81. The Bertz CT molecular complexity index is 182. The summed E-state index contributed by atoms with van der Waals surface area (Å²) in [5, 5.41) is 4.79. The Balaban J connectivity index is 1.95. The van der Waals surface area contributed by atoms with Crippen LogP contribution in [-0.4, -0.2) is 14.1 Å². The van der Waals surface area contributed by atoms with E-state index in [1.54, 1.807) is 67.2 Å². The third-order valence-electron chi connectivity index (χ3n) is 5.77. The Morgan fingerprint density at radius 3 is 1.59 bits per heavy atom. The van der Waals surface area contributed by atoms with Crippen molar-refractivity contribution in [3.05, 3.63) is 0 Å². The molecule has 0 unspecified atom stereocenters. The minimum absolute atomic E-state index is 0.362. The molecular formula is C16H31Al. The van der Waals surface area contributed by atoms with Crippen molar-refractivity contribution >= 4 is 14.1 Å². The molecule has 98 valence electrons. The van der Waals surface area contributed by atoms with E-state index < -0.39 is 0 Å². The average Bonchev–Trinajstić information content (AvgIpc) is 3.03. The lowest BCUT2D eigenvalue weighted by Crippen LogP contribution is -2.26. The van der Waals surface area contributed by atoms with E-state index in [-0.39, 0.29) is 14.1 Å². The first-order valence-corrected chi connectivity index (χ1v) is 10.8. The summed E-state index contributed by atoms with van der Waals surface area (Å²) in [4.78, 5) is 0.